The molecule has 3 rings (SSSR count). The van der Waals surface area contributed by atoms with E-state index in [0.29, 0.717) is 17.6 Å². The lowest BCUT2D eigenvalue weighted by Crippen LogP contribution is -2.40. The summed E-state index contributed by atoms with van der Waals surface area (Å²) >= 11 is 0. The molecule has 6 nitrogen and oxygen atoms in total. The zero-order valence-electron chi connectivity index (χ0n) is 16.5. The predicted molar refractivity (Wildman–Crippen MR) is 110 cm³/mol. The second-order valence-electron chi connectivity index (χ2n) is 7.94. The molecule has 0 bridgehead atoms. The third-order valence-corrected chi connectivity index (χ3v) is 5.22. The van der Waals surface area contributed by atoms with E-state index in [0.717, 1.165) is 43.3 Å². The first-order valence-corrected chi connectivity index (χ1v) is 9.79. The van der Waals surface area contributed by atoms with Crippen LogP contribution in [0.4, 0.5) is 10.5 Å². The molecule has 2 N–H and O–H groups in total. The Bertz CT molecular complexity index is 851. The molecule has 2 amide bonds. The number of anilines is 1. The standard InChI is InChI=1S/C21H30N4O2/c1-15-11-16(2)13-25(12-15)10-6-9-22-21(27)23-19-14-24(3)20(26)18-8-5-4-7-17(18)19/h4-5,7-8,14-16H,6,9-13H2,1-3H3,(H2,22,23,27)/t15-,16-/m0/s1. The smallest absolute Gasteiger partial charge is 0.319 e. The van der Waals surface area contributed by atoms with Crippen LogP contribution in [0, 0.1) is 11.8 Å². The van der Waals surface area contributed by atoms with Crippen LogP contribution < -0.4 is 16.2 Å². The number of aryl methyl sites for hydroxylation is 1. The molecule has 1 fully saturated rings. The van der Waals surface area contributed by atoms with E-state index in [-0.39, 0.29) is 11.6 Å². The van der Waals surface area contributed by atoms with Crippen molar-refractivity contribution >= 4 is 22.5 Å². The molecule has 2 atom stereocenters. The quantitative estimate of drug-likeness (QED) is 0.795. The minimum Gasteiger partial charge on any atom is -0.338 e. The molecular weight excluding hydrogens is 340 g/mol. The molecule has 0 saturated carbocycles. The summed E-state index contributed by atoms with van der Waals surface area (Å²) in [6, 6.07) is 7.09. The molecule has 0 spiro atoms. The number of fused-ring (bicyclic) bond motifs is 1. The van der Waals surface area contributed by atoms with Gasteiger partial charge in [0.1, 0.15) is 0 Å². The lowest BCUT2D eigenvalue weighted by atomic mass is 9.92. The number of pyridine rings is 1. The molecule has 1 saturated heterocycles. The number of aromatic nitrogens is 1. The van der Waals surface area contributed by atoms with E-state index in [9.17, 15) is 9.59 Å². The fourth-order valence-corrected chi connectivity index (χ4v) is 4.16. The van der Waals surface area contributed by atoms with Gasteiger partial charge in [-0.25, -0.2) is 4.79 Å². The van der Waals surface area contributed by atoms with Crippen molar-refractivity contribution in [3.8, 4) is 0 Å². The maximum atomic E-state index is 12.3. The van der Waals surface area contributed by atoms with Gasteiger partial charge in [0.25, 0.3) is 5.56 Å². The molecule has 1 aromatic heterocycles. The van der Waals surface area contributed by atoms with Crippen LogP contribution in [-0.2, 0) is 7.05 Å². The maximum absolute atomic E-state index is 12.3. The number of benzene rings is 1. The van der Waals surface area contributed by atoms with Crippen molar-refractivity contribution in [3.05, 3.63) is 40.8 Å². The highest BCUT2D eigenvalue weighted by Crippen LogP contribution is 2.21. The number of likely N-dealkylation sites (tertiary alicyclic amines) is 1. The minimum absolute atomic E-state index is 0.0680. The van der Waals surface area contributed by atoms with Gasteiger partial charge in [-0.2, -0.15) is 0 Å². The Morgan fingerprint density at radius 3 is 2.52 bits per heavy atom. The number of hydrogen-bond donors (Lipinski definition) is 2. The van der Waals surface area contributed by atoms with Gasteiger partial charge >= 0.3 is 6.03 Å². The molecule has 27 heavy (non-hydrogen) atoms. The molecule has 2 heterocycles. The fourth-order valence-electron chi connectivity index (χ4n) is 4.16. The Morgan fingerprint density at radius 1 is 1.15 bits per heavy atom. The van der Waals surface area contributed by atoms with E-state index in [4.69, 9.17) is 0 Å². The number of nitrogens with one attached hydrogen (secondary N) is 2. The van der Waals surface area contributed by atoms with Gasteiger partial charge in [0.05, 0.1) is 5.69 Å². The molecular formula is C21H30N4O2. The highest BCUT2D eigenvalue weighted by Gasteiger charge is 2.21. The summed E-state index contributed by atoms with van der Waals surface area (Å²) in [5.74, 6) is 1.51. The number of urea groups is 1. The van der Waals surface area contributed by atoms with Gasteiger partial charge in [0, 0.05) is 43.7 Å². The summed E-state index contributed by atoms with van der Waals surface area (Å²) in [6.45, 7) is 8.57. The van der Waals surface area contributed by atoms with Crippen LogP contribution in [-0.4, -0.2) is 41.7 Å². The summed E-state index contributed by atoms with van der Waals surface area (Å²) in [6.07, 6.45) is 3.91. The zero-order valence-corrected chi connectivity index (χ0v) is 16.5. The van der Waals surface area contributed by atoms with Gasteiger partial charge in [0.2, 0.25) is 0 Å². The zero-order chi connectivity index (χ0) is 19.4. The summed E-state index contributed by atoms with van der Waals surface area (Å²) < 4.78 is 1.50. The van der Waals surface area contributed by atoms with Crippen LogP contribution in [0.3, 0.4) is 0 Å². The fraction of sp³-hybridized carbons (Fsp3) is 0.524. The number of hydrogen-bond acceptors (Lipinski definition) is 3. The predicted octanol–water partition coefficient (Wildman–Crippen LogP) is 3.03. The molecule has 1 aromatic carbocycles. The number of rotatable bonds is 5. The largest absolute Gasteiger partial charge is 0.338 e. The average molecular weight is 370 g/mol. The molecule has 0 aliphatic carbocycles. The van der Waals surface area contributed by atoms with E-state index in [1.807, 2.05) is 18.2 Å². The average Bonchev–Trinajstić information content (AvgIpc) is 2.62. The lowest BCUT2D eigenvalue weighted by molar-refractivity contribution is 0.140. The maximum Gasteiger partial charge on any atom is 0.319 e. The Hall–Kier alpha value is -2.34. The second kappa shape index (κ2) is 8.57. The van der Waals surface area contributed by atoms with E-state index < -0.39 is 0 Å². The normalized spacial score (nSPS) is 20.6. The van der Waals surface area contributed by atoms with Crippen molar-refractivity contribution < 1.29 is 4.79 Å². The van der Waals surface area contributed by atoms with Crippen molar-refractivity contribution in [2.24, 2.45) is 18.9 Å². The molecule has 1 aliphatic rings. The molecule has 0 radical (unpaired) electrons. The van der Waals surface area contributed by atoms with Gasteiger partial charge in [-0.15, -0.1) is 0 Å². The van der Waals surface area contributed by atoms with Crippen molar-refractivity contribution in [1.82, 2.24) is 14.8 Å². The van der Waals surface area contributed by atoms with Crippen LogP contribution >= 0.6 is 0 Å². The van der Waals surface area contributed by atoms with Crippen molar-refractivity contribution in [2.75, 3.05) is 31.5 Å². The Morgan fingerprint density at radius 2 is 1.81 bits per heavy atom. The third-order valence-electron chi connectivity index (χ3n) is 5.22. The van der Waals surface area contributed by atoms with Gasteiger partial charge < -0.3 is 20.1 Å². The summed E-state index contributed by atoms with van der Waals surface area (Å²) in [5, 5.41) is 7.17. The number of carbonyl (C=O) groups excluding carboxylic acids is 1. The number of carbonyl (C=O) groups is 1. The van der Waals surface area contributed by atoms with Crippen LogP contribution in [0.2, 0.25) is 0 Å². The first-order valence-electron chi connectivity index (χ1n) is 9.79. The van der Waals surface area contributed by atoms with E-state index in [2.05, 4.69) is 29.4 Å². The monoisotopic (exact) mass is 370 g/mol. The van der Waals surface area contributed by atoms with Crippen LogP contribution in [0.15, 0.2) is 35.3 Å². The van der Waals surface area contributed by atoms with Crippen LogP contribution in [0.1, 0.15) is 26.7 Å². The SMILES string of the molecule is C[C@H]1C[C@H](C)CN(CCCNC(=O)Nc2cn(C)c(=O)c3ccccc23)C1. The van der Waals surface area contributed by atoms with Crippen molar-refractivity contribution in [2.45, 2.75) is 26.7 Å². The highest BCUT2D eigenvalue weighted by atomic mass is 16.2. The Kier molecular flexibility index (Phi) is 6.16. The molecule has 146 valence electrons. The van der Waals surface area contributed by atoms with Crippen molar-refractivity contribution in [1.29, 1.82) is 0 Å². The van der Waals surface area contributed by atoms with E-state index in [1.54, 1.807) is 19.3 Å². The molecule has 1 aliphatic heterocycles. The Balaban J connectivity index is 1.52. The first kappa shape index (κ1) is 19.4. The third kappa shape index (κ3) is 4.89. The van der Waals surface area contributed by atoms with E-state index >= 15 is 0 Å². The van der Waals surface area contributed by atoms with Gasteiger partial charge in [-0.3, -0.25) is 4.79 Å². The van der Waals surface area contributed by atoms with Crippen LogP contribution in [0.25, 0.3) is 10.8 Å². The second-order valence-corrected chi connectivity index (χ2v) is 7.94. The molecule has 6 heteroatoms. The molecule has 2 aromatic rings. The minimum atomic E-state index is -0.237. The lowest BCUT2D eigenvalue weighted by Gasteiger charge is -2.34. The number of amides is 2. The van der Waals surface area contributed by atoms with Gasteiger partial charge in [-0.05, 0) is 37.3 Å². The van der Waals surface area contributed by atoms with E-state index in [1.165, 1.54) is 11.0 Å². The summed E-state index contributed by atoms with van der Waals surface area (Å²) in [7, 11) is 1.69. The topological polar surface area (TPSA) is 66.4 Å². The summed E-state index contributed by atoms with van der Waals surface area (Å²) in [4.78, 5) is 27.0. The highest BCUT2D eigenvalue weighted by molar-refractivity contribution is 6.00. The van der Waals surface area contributed by atoms with Gasteiger partial charge in [-0.1, -0.05) is 32.0 Å². The van der Waals surface area contributed by atoms with Gasteiger partial charge in [0.15, 0.2) is 0 Å². The van der Waals surface area contributed by atoms with Crippen molar-refractivity contribution in [3.63, 3.8) is 0 Å². The summed E-state index contributed by atoms with van der Waals surface area (Å²) in [5.41, 5.74) is 0.574. The van der Waals surface area contributed by atoms with Crippen LogP contribution in [0.5, 0.6) is 0 Å². The first-order chi connectivity index (χ1) is 12.9. The Labute approximate surface area is 160 Å². The molecule has 0 unspecified atom stereocenters. The number of piperidine rings is 1. The number of nitrogens with zero attached hydrogens (tertiary/aromatic N) is 2.